The number of aromatic amines is 1. The number of ether oxygens (including phenoxy) is 2. The monoisotopic (exact) mass is 255 g/mol. The number of nitrogens with zero attached hydrogens (tertiary/aromatic N) is 2. The van der Waals surface area contributed by atoms with Crippen LogP contribution >= 0.6 is 0 Å². The quantitative estimate of drug-likeness (QED) is 0.781. The molecular formula is C14H13N3O2. The van der Waals surface area contributed by atoms with E-state index in [1.165, 1.54) is 0 Å². The molecule has 19 heavy (non-hydrogen) atoms. The predicted molar refractivity (Wildman–Crippen MR) is 72.4 cm³/mol. The summed E-state index contributed by atoms with van der Waals surface area (Å²) in [5.74, 6) is 2.30. The van der Waals surface area contributed by atoms with E-state index in [4.69, 9.17) is 9.47 Å². The van der Waals surface area contributed by atoms with Gasteiger partial charge in [-0.2, -0.15) is 0 Å². The average Bonchev–Trinajstić information content (AvgIpc) is 2.90. The van der Waals surface area contributed by atoms with Gasteiger partial charge in [0.05, 0.1) is 25.9 Å². The highest BCUT2D eigenvalue weighted by molar-refractivity contribution is 5.77. The third kappa shape index (κ3) is 2.10. The lowest BCUT2D eigenvalue weighted by molar-refractivity contribution is 0.413. The average molecular weight is 255 g/mol. The van der Waals surface area contributed by atoms with Gasteiger partial charge < -0.3 is 14.5 Å². The van der Waals surface area contributed by atoms with Crippen molar-refractivity contribution in [2.75, 3.05) is 14.2 Å². The first-order valence-electron chi connectivity index (χ1n) is 5.84. The van der Waals surface area contributed by atoms with Gasteiger partial charge in [-0.3, -0.25) is 0 Å². The fraction of sp³-hybridized carbons (Fsp3) is 0.143. The molecule has 1 aromatic carbocycles. The number of imidazole rings is 1. The van der Waals surface area contributed by atoms with Crippen molar-refractivity contribution in [1.82, 2.24) is 15.0 Å². The molecule has 96 valence electrons. The van der Waals surface area contributed by atoms with Gasteiger partial charge in [-0.25, -0.2) is 9.97 Å². The van der Waals surface area contributed by atoms with Gasteiger partial charge in [-0.1, -0.05) is 0 Å². The molecule has 0 unspecified atom stereocenters. The number of rotatable bonds is 3. The molecule has 2 heterocycles. The molecule has 3 aromatic rings. The molecule has 0 aliphatic rings. The van der Waals surface area contributed by atoms with E-state index in [2.05, 4.69) is 15.0 Å². The van der Waals surface area contributed by atoms with Crippen LogP contribution in [-0.2, 0) is 0 Å². The molecule has 0 spiro atoms. The number of hydrogen-bond donors (Lipinski definition) is 1. The highest BCUT2D eigenvalue weighted by Gasteiger charge is 2.07. The van der Waals surface area contributed by atoms with Crippen LogP contribution in [0.1, 0.15) is 0 Å². The number of H-pyrrole nitrogens is 1. The molecule has 5 nitrogen and oxygen atoms in total. The Morgan fingerprint density at radius 3 is 2.42 bits per heavy atom. The summed E-state index contributed by atoms with van der Waals surface area (Å²) in [6.07, 6.45) is 1.65. The lowest BCUT2D eigenvalue weighted by Gasteiger charge is -2.00. The summed E-state index contributed by atoms with van der Waals surface area (Å²) in [6.45, 7) is 0. The minimum Gasteiger partial charge on any atom is -0.497 e. The number of methoxy groups -OCH3 is 2. The van der Waals surface area contributed by atoms with Gasteiger partial charge in [0.25, 0.3) is 0 Å². The van der Waals surface area contributed by atoms with Gasteiger partial charge in [0, 0.05) is 11.6 Å². The van der Waals surface area contributed by atoms with Gasteiger partial charge in [0.15, 0.2) is 5.65 Å². The summed E-state index contributed by atoms with van der Waals surface area (Å²) in [5, 5.41) is 0. The fourth-order valence-corrected chi connectivity index (χ4v) is 1.88. The Bertz CT molecular complexity index is 704. The lowest BCUT2D eigenvalue weighted by atomic mass is 10.2. The van der Waals surface area contributed by atoms with Crippen LogP contribution in [0.2, 0.25) is 0 Å². The van der Waals surface area contributed by atoms with Crippen LogP contribution < -0.4 is 9.47 Å². The zero-order valence-electron chi connectivity index (χ0n) is 10.7. The fourth-order valence-electron chi connectivity index (χ4n) is 1.88. The highest BCUT2D eigenvalue weighted by Crippen LogP contribution is 2.23. The molecule has 0 aliphatic carbocycles. The van der Waals surface area contributed by atoms with Crippen molar-refractivity contribution >= 4 is 11.2 Å². The van der Waals surface area contributed by atoms with Gasteiger partial charge in [0.1, 0.15) is 17.3 Å². The second-order valence-electron chi connectivity index (χ2n) is 4.06. The molecule has 0 atom stereocenters. The predicted octanol–water partition coefficient (Wildman–Crippen LogP) is 2.64. The third-order valence-corrected chi connectivity index (χ3v) is 2.91. The van der Waals surface area contributed by atoms with E-state index in [-0.39, 0.29) is 0 Å². The largest absolute Gasteiger partial charge is 0.497 e. The summed E-state index contributed by atoms with van der Waals surface area (Å²) >= 11 is 0. The molecule has 2 aromatic heterocycles. The first kappa shape index (κ1) is 11.5. The summed E-state index contributed by atoms with van der Waals surface area (Å²) in [5.41, 5.74) is 2.51. The van der Waals surface area contributed by atoms with Crippen molar-refractivity contribution in [3.8, 4) is 22.9 Å². The van der Waals surface area contributed by atoms with Gasteiger partial charge in [-0.05, 0) is 24.3 Å². The topological polar surface area (TPSA) is 60.0 Å². The van der Waals surface area contributed by atoms with Crippen molar-refractivity contribution in [1.29, 1.82) is 0 Å². The van der Waals surface area contributed by atoms with Crippen LogP contribution in [0.25, 0.3) is 22.6 Å². The molecule has 0 bridgehead atoms. The first-order chi connectivity index (χ1) is 9.30. The molecule has 1 N–H and O–H groups in total. The smallest absolute Gasteiger partial charge is 0.178 e. The van der Waals surface area contributed by atoms with E-state index in [1.54, 1.807) is 20.4 Å². The number of pyridine rings is 1. The van der Waals surface area contributed by atoms with Gasteiger partial charge >= 0.3 is 0 Å². The zero-order valence-corrected chi connectivity index (χ0v) is 10.7. The Morgan fingerprint density at radius 2 is 1.74 bits per heavy atom. The van der Waals surface area contributed by atoms with E-state index >= 15 is 0 Å². The van der Waals surface area contributed by atoms with Crippen LogP contribution in [0.5, 0.6) is 11.5 Å². The molecule has 0 fully saturated rings. The second-order valence-corrected chi connectivity index (χ2v) is 4.06. The molecule has 0 saturated carbocycles. The van der Waals surface area contributed by atoms with Crippen LogP contribution in [0.3, 0.4) is 0 Å². The molecule has 0 saturated heterocycles. The SMILES string of the molecule is COc1ccc(-c2nc3ncc(OC)cc3[nH]2)cc1. The minimum atomic E-state index is 0.673. The first-order valence-corrected chi connectivity index (χ1v) is 5.84. The summed E-state index contributed by atoms with van der Waals surface area (Å²) in [6, 6.07) is 9.58. The Kier molecular flexibility index (Phi) is 2.79. The maximum atomic E-state index is 5.14. The van der Waals surface area contributed by atoms with Crippen LogP contribution in [-0.4, -0.2) is 29.2 Å². The second kappa shape index (κ2) is 4.61. The summed E-state index contributed by atoms with van der Waals surface area (Å²) in [7, 11) is 3.26. The maximum Gasteiger partial charge on any atom is 0.178 e. The number of aromatic nitrogens is 3. The molecule has 0 radical (unpaired) electrons. The van der Waals surface area contributed by atoms with Crippen molar-refractivity contribution in [2.24, 2.45) is 0 Å². The van der Waals surface area contributed by atoms with E-state index in [1.807, 2.05) is 30.3 Å². The number of fused-ring (bicyclic) bond motifs is 1. The zero-order chi connectivity index (χ0) is 13.2. The van der Waals surface area contributed by atoms with E-state index in [0.717, 1.165) is 22.7 Å². The van der Waals surface area contributed by atoms with Gasteiger partial charge in [-0.15, -0.1) is 0 Å². The standard InChI is InChI=1S/C14H13N3O2/c1-18-10-5-3-9(4-6-10)13-16-12-7-11(19-2)8-15-14(12)17-13/h3-8H,1-2H3,(H,15,16,17). The maximum absolute atomic E-state index is 5.14. The van der Waals surface area contributed by atoms with Crippen molar-refractivity contribution < 1.29 is 9.47 Å². The van der Waals surface area contributed by atoms with Crippen LogP contribution in [0, 0.1) is 0 Å². The lowest BCUT2D eigenvalue weighted by Crippen LogP contribution is -1.84. The van der Waals surface area contributed by atoms with E-state index in [9.17, 15) is 0 Å². The Balaban J connectivity index is 2.04. The molecule has 0 amide bonds. The van der Waals surface area contributed by atoms with Crippen molar-refractivity contribution in [3.05, 3.63) is 36.5 Å². The highest BCUT2D eigenvalue weighted by atomic mass is 16.5. The number of nitrogens with one attached hydrogen (secondary N) is 1. The molecule has 0 aliphatic heterocycles. The molecule has 5 heteroatoms. The third-order valence-electron chi connectivity index (χ3n) is 2.91. The van der Waals surface area contributed by atoms with Crippen LogP contribution in [0.4, 0.5) is 0 Å². The van der Waals surface area contributed by atoms with E-state index in [0.29, 0.717) is 11.4 Å². The molecule has 3 rings (SSSR count). The van der Waals surface area contributed by atoms with E-state index < -0.39 is 0 Å². The number of hydrogen-bond acceptors (Lipinski definition) is 4. The Labute approximate surface area is 110 Å². The summed E-state index contributed by atoms with van der Waals surface area (Å²) < 4.78 is 10.3. The number of benzene rings is 1. The van der Waals surface area contributed by atoms with Crippen molar-refractivity contribution in [3.63, 3.8) is 0 Å². The van der Waals surface area contributed by atoms with Crippen LogP contribution in [0.15, 0.2) is 36.5 Å². The minimum absolute atomic E-state index is 0.673. The van der Waals surface area contributed by atoms with Gasteiger partial charge in [0.2, 0.25) is 0 Å². The molecular weight excluding hydrogens is 242 g/mol. The Morgan fingerprint density at radius 1 is 1.00 bits per heavy atom. The Hall–Kier alpha value is -2.56. The summed E-state index contributed by atoms with van der Waals surface area (Å²) in [4.78, 5) is 11.9. The normalized spacial score (nSPS) is 10.6. The van der Waals surface area contributed by atoms with Crippen molar-refractivity contribution in [2.45, 2.75) is 0 Å².